The third-order valence-corrected chi connectivity index (χ3v) is 4.52. The summed E-state index contributed by atoms with van der Waals surface area (Å²) in [4.78, 5) is 14.7. The smallest absolute Gasteiger partial charge is 0.128 e. The molecule has 21 heavy (non-hydrogen) atoms. The van der Waals surface area contributed by atoms with Crippen molar-refractivity contribution in [3.8, 4) is 6.07 Å². The van der Waals surface area contributed by atoms with Gasteiger partial charge in [0.1, 0.15) is 11.9 Å². The van der Waals surface area contributed by atoms with Gasteiger partial charge in [0, 0.05) is 50.0 Å². The van der Waals surface area contributed by atoms with E-state index in [-0.39, 0.29) is 0 Å². The Hall–Kier alpha value is -1.97. The topological polar surface area (TPSA) is 56.1 Å². The molecule has 1 aliphatic rings. The molecule has 0 saturated carbocycles. The zero-order chi connectivity index (χ0) is 14.7. The summed E-state index contributed by atoms with van der Waals surface area (Å²) in [5.41, 5.74) is 0.609. The van der Waals surface area contributed by atoms with Crippen LogP contribution < -0.4 is 4.90 Å². The van der Waals surface area contributed by atoms with E-state index in [1.54, 1.807) is 17.5 Å². The fraction of sp³-hybridized carbons (Fsp3) is 0.400. The van der Waals surface area contributed by atoms with E-state index in [1.165, 1.54) is 4.88 Å². The van der Waals surface area contributed by atoms with E-state index >= 15 is 0 Å². The van der Waals surface area contributed by atoms with Crippen LogP contribution in [0.3, 0.4) is 0 Å². The molecule has 0 spiro atoms. The van der Waals surface area contributed by atoms with Crippen LogP contribution in [0.1, 0.15) is 15.4 Å². The SMILES string of the molecule is Cc1ncc(CN2CCN(c3ccc(C#N)cn3)CC2)s1. The van der Waals surface area contributed by atoms with Gasteiger partial charge in [0.25, 0.3) is 0 Å². The lowest BCUT2D eigenvalue weighted by atomic mass is 10.2. The van der Waals surface area contributed by atoms with Crippen LogP contribution in [-0.2, 0) is 6.54 Å². The number of nitriles is 1. The number of hydrogen-bond acceptors (Lipinski definition) is 6. The van der Waals surface area contributed by atoms with Crippen LogP contribution in [0.4, 0.5) is 5.82 Å². The maximum absolute atomic E-state index is 8.80. The van der Waals surface area contributed by atoms with Gasteiger partial charge in [-0.2, -0.15) is 5.26 Å². The number of piperazine rings is 1. The first-order valence-electron chi connectivity index (χ1n) is 6.99. The summed E-state index contributed by atoms with van der Waals surface area (Å²) >= 11 is 1.77. The van der Waals surface area contributed by atoms with Crippen LogP contribution in [-0.4, -0.2) is 41.0 Å². The zero-order valence-corrected chi connectivity index (χ0v) is 12.8. The number of aryl methyl sites for hydroxylation is 1. The van der Waals surface area contributed by atoms with E-state index in [0.717, 1.165) is 43.5 Å². The summed E-state index contributed by atoms with van der Waals surface area (Å²) in [7, 11) is 0. The van der Waals surface area contributed by atoms with E-state index in [2.05, 4.69) is 25.8 Å². The minimum atomic E-state index is 0.609. The van der Waals surface area contributed by atoms with Gasteiger partial charge in [0.05, 0.1) is 10.6 Å². The van der Waals surface area contributed by atoms with Gasteiger partial charge in [0.2, 0.25) is 0 Å². The number of thiazole rings is 1. The highest BCUT2D eigenvalue weighted by molar-refractivity contribution is 7.11. The molecule has 0 N–H and O–H groups in total. The summed E-state index contributed by atoms with van der Waals surface area (Å²) in [5, 5.41) is 9.93. The highest BCUT2D eigenvalue weighted by Gasteiger charge is 2.18. The number of anilines is 1. The van der Waals surface area contributed by atoms with Gasteiger partial charge in [-0.25, -0.2) is 9.97 Å². The fourth-order valence-corrected chi connectivity index (χ4v) is 3.31. The molecule has 0 bridgehead atoms. The Morgan fingerprint density at radius 3 is 2.57 bits per heavy atom. The van der Waals surface area contributed by atoms with E-state index in [4.69, 9.17) is 5.26 Å². The predicted octanol–water partition coefficient (Wildman–Crippen LogP) is 2.04. The molecule has 0 amide bonds. The number of hydrogen-bond donors (Lipinski definition) is 0. The van der Waals surface area contributed by atoms with Gasteiger partial charge in [-0.3, -0.25) is 4.90 Å². The first-order chi connectivity index (χ1) is 10.2. The van der Waals surface area contributed by atoms with Gasteiger partial charge in [-0.15, -0.1) is 11.3 Å². The molecule has 3 rings (SSSR count). The van der Waals surface area contributed by atoms with Crippen LogP contribution in [0.2, 0.25) is 0 Å². The highest BCUT2D eigenvalue weighted by atomic mass is 32.1. The number of nitrogens with zero attached hydrogens (tertiary/aromatic N) is 5. The van der Waals surface area contributed by atoms with E-state index in [1.807, 2.05) is 25.3 Å². The van der Waals surface area contributed by atoms with Crippen molar-refractivity contribution in [1.82, 2.24) is 14.9 Å². The molecule has 1 fully saturated rings. The van der Waals surface area contributed by atoms with Gasteiger partial charge in [-0.1, -0.05) is 0 Å². The van der Waals surface area contributed by atoms with E-state index in [0.29, 0.717) is 5.56 Å². The van der Waals surface area contributed by atoms with Gasteiger partial charge in [0.15, 0.2) is 0 Å². The van der Waals surface area contributed by atoms with Crippen molar-refractivity contribution in [2.24, 2.45) is 0 Å². The average Bonchev–Trinajstić information content (AvgIpc) is 2.93. The molecule has 0 atom stereocenters. The van der Waals surface area contributed by atoms with E-state index in [9.17, 15) is 0 Å². The van der Waals surface area contributed by atoms with Crippen molar-refractivity contribution in [1.29, 1.82) is 5.26 Å². The van der Waals surface area contributed by atoms with E-state index < -0.39 is 0 Å². The van der Waals surface area contributed by atoms with Gasteiger partial charge >= 0.3 is 0 Å². The average molecular weight is 299 g/mol. The lowest BCUT2D eigenvalue weighted by molar-refractivity contribution is 0.251. The maximum Gasteiger partial charge on any atom is 0.128 e. The summed E-state index contributed by atoms with van der Waals surface area (Å²) in [6.07, 6.45) is 3.62. The molecule has 1 saturated heterocycles. The third-order valence-electron chi connectivity index (χ3n) is 3.62. The fourth-order valence-electron chi connectivity index (χ4n) is 2.47. The molecule has 6 heteroatoms. The van der Waals surface area contributed by atoms with Crippen LogP contribution in [0.5, 0.6) is 0 Å². The zero-order valence-electron chi connectivity index (χ0n) is 12.0. The molecule has 0 aromatic carbocycles. The summed E-state index contributed by atoms with van der Waals surface area (Å²) in [5.74, 6) is 0.960. The Labute approximate surface area is 128 Å². The summed E-state index contributed by atoms with van der Waals surface area (Å²) in [6.45, 7) is 7.02. The second-order valence-electron chi connectivity index (χ2n) is 5.13. The number of rotatable bonds is 3. The second-order valence-corrected chi connectivity index (χ2v) is 6.44. The van der Waals surface area contributed by atoms with Crippen LogP contribution in [0.25, 0.3) is 0 Å². The Bertz CT molecular complexity index is 635. The Balaban J connectivity index is 1.56. The van der Waals surface area contributed by atoms with Crippen molar-refractivity contribution >= 4 is 17.2 Å². The third kappa shape index (κ3) is 3.38. The molecule has 108 valence electrons. The van der Waals surface area contributed by atoms with Crippen molar-refractivity contribution < 1.29 is 0 Å². The van der Waals surface area contributed by atoms with Crippen LogP contribution in [0, 0.1) is 18.3 Å². The molecule has 5 nitrogen and oxygen atoms in total. The van der Waals surface area contributed by atoms with Gasteiger partial charge in [-0.05, 0) is 19.1 Å². The lowest BCUT2D eigenvalue weighted by Crippen LogP contribution is -2.46. The van der Waals surface area contributed by atoms with Crippen molar-refractivity contribution in [2.75, 3.05) is 31.1 Å². The Kier molecular flexibility index (Phi) is 4.13. The minimum absolute atomic E-state index is 0.609. The molecule has 2 aromatic rings. The van der Waals surface area contributed by atoms with Crippen molar-refractivity contribution in [2.45, 2.75) is 13.5 Å². The quantitative estimate of drug-likeness (QED) is 0.868. The van der Waals surface area contributed by atoms with Crippen LogP contribution >= 0.6 is 11.3 Å². The molecule has 0 aliphatic carbocycles. The molecule has 2 aromatic heterocycles. The Morgan fingerprint density at radius 1 is 1.19 bits per heavy atom. The van der Waals surface area contributed by atoms with Gasteiger partial charge < -0.3 is 4.90 Å². The minimum Gasteiger partial charge on any atom is -0.354 e. The Morgan fingerprint density at radius 2 is 2.00 bits per heavy atom. The lowest BCUT2D eigenvalue weighted by Gasteiger charge is -2.35. The molecule has 0 unspecified atom stereocenters. The largest absolute Gasteiger partial charge is 0.354 e. The summed E-state index contributed by atoms with van der Waals surface area (Å²) in [6, 6.07) is 5.86. The molecular weight excluding hydrogens is 282 g/mol. The molecule has 0 radical (unpaired) electrons. The standard InChI is InChI=1S/C15H17N5S/c1-12-17-10-14(21-12)11-19-4-6-20(7-5-19)15-3-2-13(8-16)9-18-15/h2-3,9-10H,4-7,11H2,1H3. The van der Waals surface area contributed by atoms with Crippen molar-refractivity contribution in [3.05, 3.63) is 40.0 Å². The second kappa shape index (κ2) is 6.20. The van der Waals surface area contributed by atoms with Crippen LogP contribution in [0.15, 0.2) is 24.5 Å². The maximum atomic E-state index is 8.80. The molecule has 1 aliphatic heterocycles. The van der Waals surface area contributed by atoms with Crippen molar-refractivity contribution in [3.63, 3.8) is 0 Å². The first-order valence-corrected chi connectivity index (χ1v) is 7.81. The molecular formula is C15H17N5S. The predicted molar refractivity (Wildman–Crippen MR) is 83.3 cm³/mol. The summed E-state index contributed by atoms with van der Waals surface area (Å²) < 4.78 is 0. The first kappa shape index (κ1) is 14.0. The number of pyridine rings is 1. The highest BCUT2D eigenvalue weighted by Crippen LogP contribution is 2.18. The normalized spacial score (nSPS) is 15.9. The number of aromatic nitrogens is 2. The molecule has 3 heterocycles. The monoisotopic (exact) mass is 299 g/mol.